The fourth-order valence-corrected chi connectivity index (χ4v) is 4.29. The zero-order valence-corrected chi connectivity index (χ0v) is 18.6. The zero-order valence-electron chi connectivity index (χ0n) is 18.6. The van der Waals surface area contributed by atoms with E-state index in [1.165, 1.54) is 12.3 Å². The summed E-state index contributed by atoms with van der Waals surface area (Å²) in [5.74, 6) is -1.37. The number of anilines is 2. The van der Waals surface area contributed by atoms with Gasteiger partial charge in [-0.25, -0.2) is 19.4 Å². The van der Waals surface area contributed by atoms with E-state index in [1.807, 2.05) is 0 Å². The van der Waals surface area contributed by atoms with E-state index in [9.17, 15) is 22.4 Å². The molecule has 0 saturated carbocycles. The number of nitrogens with two attached hydrogens (primary N) is 1. The normalized spacial score (nSPS) is 14.3. The molecule has 180 valence electrons. The molecule has 12 heteroatoms. The van der Waals surface area contributed by atoms with Gasteiger partial charge in [-0.15, -0.1) is 0 Å². The molecular formula is C23H19F4N7O. The molecule has 8 nitrogen and oxygen atoms in total. The summed E-state index contributed by atoms with van der Waals surface area (Å²) in [7, 11) is 1.72. The van der Waals surface area contributed by atoms with Gasteiger partial charge in [-0.1, -0.05) is 0 Å². The van der Waals surface area contributed by atoms with Gasteiger partial charge in [-0.2, -0.15) is 18.3 Å². The fraction of sp³-hybridized carbons (Fsp3) is 0.217. The number of rotatable bonds is 3. The Labute approximate surface area is 196 Å². The summed E-state index contributed by atoms with van der Waals surface area (Å²) in [5, 5.41) is 7.49. The molecule has 3 aromatic heterocycles. The second-order valence-electron chi connectivity index (χ2n) is 8.31. The van der Waals surface area contributed by atoms with E-state index >= 15 is 0 Å². The Kier molecular flexibility index (Phi) is 5.11. The number of amides is 1. The van der Waals surface area contributed by atoms with Gasteiger partial charge in [-0.3, -0.25) is 14.5 Å². The van der Waals surface area contributed by atoms with Crippen LogP contribution in [0.4, 0.5) is 29.2 Å². The first-order valence-corrected chi connectivity index (χ1v) is 10.5. The van der Waals surface area contributed by atoms with Crippen molar-refractivity contribution in [2.75, 3.05) is 17.3 Å². The Morgan fingerprint density at radius 2 is 2.00 bits per heavy atom. The summed E-state index contributed by atoms with van der Waals surface area (Å²) in [6, 6.07) is 5.76. The average molecular weight is 485 g/mol. The van der Waals surface area contributed by atoms with Crippen LogP contribution in [0.25, 0.3) is 21.8 Å². The first-order valence-electron chi connectivity index (χ1n) is 10.5. The lowest BCUT2D eigenvalue weighted by Crippen LogP contribution is -2.41. The minimum Gasteiger partial charge on any atom is -0.383 e. The van der Waals surface area contributed by atoms with Gasteiger partial charge in [0.05, 0.1) is 35.6 Å². The van der Waals surface area contributed by atoms with Crippen LogP contribution < -0.4 is 10.7 Å². The van der Waals surface area contributed by atoms with E-state index in [0.29, 0.717) is 27.4 Å². The number of nitrogens with zero attached hydrogens (tertiary/aromatic N) is 6. The Morgan fingerprint density at radius 3 is 2.71 bits per heavy atom. The molecule has 0 bridgehead atoms. The Morgan fingerprint density at radius 1 is 1.23 bits per heavy atom. The van der Waals surface area contributed by atoms with Crippen molar-refractivity contribution < 1.29 is 22.4 Å². The summed E-state index contributed by atoms with van der Waals surface area (Å²) in [6.45, 7) is 1.34. The summed E-state index contributed by atoms with van der Waals surface area (Å²) in [4.78, 5) is 22.0. The first-order chi connectivity index (χ1) is 16.5. The van der Waals surface area contributed by atoms with Crippen LogP contribution in [0, 0.1) is 12.7 Å². The number of aryl methyl sites for hydroxylation is 2. The molecule has 0 saturated heterocycles. The number of pyridine rings is 2. The molecule has 0 aliphatic carbocycles. The molecule has 0 unspecified atom stereocenters. The number of nitrogen functional groups attached to an aromatic ring is 1. The van der Waals surface area contributed by atoms with Gasteiger partial charge in [0.15, 0.2) is 11.6 Å². The molecule has 1 aliphatic rings. The largest absolute Gasteiger partial charge is 0.392 e. The molecular weight excluding hydrogens is 466 g/mol. The van der Waals surface area contributed by atoms with Crippen molar-refractivity contribution >= 4 is 39.3 Å². The Hall–Kier alpha value is -4.22. The molecule has 0 radical (unpaired) electrons. The van der Waals surface area contributed by atoms with Crippen LogP contribution in [-0.4, -0.2) is 43.4 Å². The predicted molar refractivity (Wildman–Crippen MR) is 122 cm³/mol. The highest BCUT2D eigenvalue weighted by atomic mass is 19.4. The number of benzene rings is 1. The van der Waals surface area contributed by atoms with E-state index in [-0.39, 0.29) is 29.3 Å². The number of hydrogen-bond acceptors (Lipinski definition) is 6. The summed E-state index contributed by atoms with van der Waals surface area (Å²) < 4.78 is 55.5. The second kappa shape index (κ2) is 7.93. The summed E-state index contributed by atoms with van der Waals surface area (Å²) in [5.41, 5.74) is 7.88. The number of fused-ring (bicyclic) bond motifs is 3. The molecule has 1 amide bonds. The topological polar surface area (TPSA) is 93.2 Å². The van der Waals surface area contributed by atoms with Crippen molar-refractivity contribution in [2.24, 2.45) is 7.05 Å². The van der Waals surface area contributed by atoms with Gasteiger partial charge in [0, 0.05) is 30.4 Å². The molecule has 1 aliphatic heterocycles. The molecule has 5 rings (SSSR count). The number of carbonyl (C=O) groups is 1. The standard InChI is InChI=1S/C23H19F4N7O/c1-12-6-18-15(19-16(20(28)31-18)9-30-32(19)2)7-14(12)22(35)34-11-13(8-23(25,26)27)10-33(34)21-17(24)4-3-5-29-21/h3-7,9,11H,8,10H2,1-2H3,(H2,28,31). The molecule has 0 atom stereocenters. The van der Waals surface area contributed by atoms with Crippen molar-refractivity contribution in [3.8, 4) is 0 Å². The van der Waals surface area contributed by atoms with E-state index in [4.69, 9.17) is 5.73 Å². The molecule has 0 spiro atoms. The van der Waals surface area contributed by atoms with E-state index in [0.717, 1.165) is 22.3 Å². The van der Waals surface area contributed by atoms with Crippen LogP contribution in [0.2, 0.25) is 0 Å². The van der Waals surface area contributed by atoms with Gasteiger partial charge in [0.25, 0.3) is 5.91 Å². The van der Waals surface area contributed by atoms with Crippen molar-refractivity contribution in [1.82, 2.24) is 24.8 Å². The monoisotopic (exact) mass is 485 g/mol. The maximum atomic E-state index is 14.5. The van der Waals surface area contributed by atoms with Gasteiger partial charge >= 0.3 is 6.18 Å². The van der Waals surface area contributed by atoms with Crippen LogP contribution in [0.1, 0.15) is 22.3 Å². The van der Waals surface area contributed by atoms with Crippen LogP contribution in [0.3, 0.4) is 0 Å². The summed E-state index contributed by atoms with van der Waals surface area (Å²) >= 11 is 0. The third kappa shape index (κ3) is 3.90. The van der Waals surface area contributed by atoms with Crippen LogP contribution in [0.15, 0.2) is 48.4 Å². The molecule has 4 aromatic rings. The van der Waals surface area contributed by atoms with Gasteiger partial charge in [0.2, 0.25) is 0 Å². The van der Waals surface area contributed by atoms with E-state index < -0.39 is 24.3 Å². The SMILES string of the molecule is Cc1cc2nc(N)c3cnn(C)c3c2cc1C(=O)N1C=C(CC(F)(F)F)CN1c1ncccc1F. The molecule has 35 heavy (non-hydrogen) atoms. The van der Waals surface area contributed by atoms with Crippen LogP contribution >= 0.6 is 0 Å². The van der Waals surface area contributed by atoms with Crippen molar-refractivity contribution in [2.45, 2.75) is 19.5 Å². The van der Waals surface area contributed by atoms with Crippen molar-refractivity contribution in [1.29, 1.82) is 0 Å². The highest BCUT2D eigenvalue weighted by Gasteiger charge is 2.37. The average Bonchev–Trinajstić information content (AvgIpc) is 3.36. The fourth-order valence-electron chi connectivity index (χ4n) is 4.29. The molecule has 2 N–H and O–H groups in total. The number of halogens is 4. The second-order valence-corrected chi connectivity index (χ2v) is 8.31. The summed E-state index contributed by atoms with van der Waals surface area (Å²) in [6.07, 6.45) is -1.77. The lowest BCUT2D eigenvalue weighted by atomic mass is 10.0. The number of aromatic nitrogens is 4. The Balaban J connectivity index is 1.64. The maximum absolute atomic E-state index is 14.5. The lowest BCUT2D eigenvalue weighted by molar-refractivity contribution is -0.127. The van der Waals surface area contributed by atoms with Gasteiger partial charge in [-0.05, 0) is 42.3 Å². The first kappa shape index (κ1) is 22.6. The predicted octanol–water partition coefficient (Wildman–Crippen LogP) is 4.26. The number of alkyl halides is 3. The zero-order chi connectivity index (χ0) is 25.1. The van der Waals surface area contributed by atoms with Crippen molar-refractivity contribution in [3.63, 3.8) is 0 Å². The molecule has 1 aromatic carbocycles. The third-order valence-corrected chi connectivity index (χ3v) is 5.82. The highest BCUT2D eigenvalue weighted by molar-refractivity contribution is 6.11. The number of hydrogen-bond donors (Lipinski definition) is 1. The van der Waals surface area contributed by atoms with Crippen LogP contribution in [-0.2, 0) is 7.05 Å². The minimum absolute atomic E-state index is 0.0992. The van der Waals surface area contributed by atoms with E-state index in [1.54, 1.807) is 37.0 Å². The Bertz CT molecular complexity index is 1530. The quantitative estimate of drug-likeness (QED) is 0.436. The smallest absolute Gasteiger partial charge is 0.383 e. The van der Waals surface area contributed by atoms with Gasteiger partial charge in [0.1, 0.15) is 5.82 Å². The highest BCUT2D eigenvalue weighted by Crippen LogP contribution is 2.34. The maximum Gasteiger partial charge on any atom is 0.392 e. The third-order valence-electron chi connectivity index (χ3n) is 5.82. The van der Waals surface area contributed by atoms with Gasteiger partial charge < -0.3 is 5.73 Å². The minimum atomic E-state index is -4.49. The lowest BCUT2D eigenvalue weighted by Gasteiger charge is -2.29. The molecule has 4 heterocycles. The van der Waals surface area contributed by atoms with Crippen LogP contribution in [0.5, 0.6) is 0 Å². The molecule has 0 fully saturated rings. The van der Waals surface area contributed by atoms with Crippen molar-refractivity contribution in [3.05, 3.63) is 65.4 Å². The number of hydrazine groups is 1. The van der Waals surface area contributed by atoms with E-state index in [2.05, 4.69) is 15.1 Å². The number of carbonyl (C=O) groups excluding carboxylic acids is 1.